The summed E-state index contributed by atoms with van der Waals surface area (Å²) in [6.45, 7) is 0.187. The highest BCUT2D eigenvalue weighted by Gasteiger charge is 2.53. The predicted octanol–water partition coefficient (Wildman–Crippen LogP) is 3.43. The Kier molecular flexibility index (Phi) is 2.68. The number of hydrogen-bond donors (Lipinski definition) is 1. The van der Waals surface area contributed by atoms with Crippen molar-refractivity contribution < 1.29 is 9.50 Å². The van der Waals surface area contributed by atoms with Gasteiger partial charge in [-0.2, -0.15) is 0 Å². The van der Waals surface area contributed by atoms with E-state index < -0.39 is 0 Å². The number of hydrogen-bond acceptors (Lipinski definition) is 1. The van der Waals surface area contributed by atoms with Crippen molar-refractivity contribution in [3.8, 4) is 0 Å². The maximum atomic E-state index is 13.2. The molecular weight excluding hydrogens is 239 g/mol. The Morgan fingerprint density at radius 3 is 2.71 bits per heavy atom. The number of benzene rings is 1. The van der Waals surface area contributed by atoms with Crippen molar-refractivity contribution in [3.63, 3.8) is 0 Å². The third-order valence-electron chi connectivity index (χ3n) is 4.37. The quantitative estimate of drug-likeness (QED) is 0.876. The second-order valence-corrected chi connectivity index (χ2v) is 6.14. The normalized spacial score (nSPS) is 34.8. The lowest BCUT2D eigenvalue weighted by Gasteiger charge is -2.29. The molecule has 17 heavy (non-hydrogen) atoms. The minimum absolute atomic E-state index is 0.0506. The highest BCUT2D eigenvalue weighted by atomic mass is 35.5. The summed E-state index contributed by atoms with van der Waals surface area (Å²) in [5.41, 5.74) is 0.785. The Morgan fingerprint density at radius 2 is 2.06 bits per heavy atom. The number of aliphatic hydroxyl groups is 1. The Labute approximate surface area is 106 Å². The Hall–Kier alpha value is -0.600. The molecule has 0 bridgehead atoms. The van der Waals surface area contributed by atoms with E-state index in [0.29, 0.717) is 11.4 Å². The van der Waals surface area contributed by atoms with E-state index in [1.54, 1.807) is 6.07 Å². The van der Waals surface area contributed by atoms with Crippen LogP contribution >= 0.6 is 11.6 Å². The van der Waals surface area contributed by atoms with Gasteiger partial charge in [-0.15, -0.1) is 0 Å². The van der Waals surface area contributed by atoms with Gasteiger partial charge in [-0.3, -0.25) is 0 Å². The van der Waals surface area contributed by atoms with E-state index in [1.165, 1.54) is 18.6 Å². The fourth-order valence-corrected chi connectivity index (χ4v) is 3.60. The summed E-state index contributed by atoms with van der Waals surface area (Å²) in [7, 11) is 0. The molecule has 1 aromatic rings. The molecule has 1 nitrogen and oxygen atoms in total. The second-order valence-electron chi connectivity index (χ2n) is 5.73. The van der Waals surface area contributed by atoms with Gasteiger partial charge in [-0.05, 0) is 66.7 Å². The highest BCUT2D eigenvalue weighted by molar-refractivity contribution is 6.31. The van der Waals surface area contributed by atoms with Gasteiger partial charge in [0.15, 0.2) is 0 Å². The molecule has 2 fully saturated rings. The van der Waals surface area contributed by atoms with Gasteiger partial charge in [0.25, 0.3) is 0 Å². The summed E-state index contributed by atoms with van der Waals surface area (Å²) in [6.07, 6.45) is 4.16. The van der Waals surface area contributed by atoms with Gasteiger partial charge in [0, 0.05) is 11.6 Å². The number of rotatable bonds is 3. The van der Waals surface area contributed by atoms with Crippen LogP contribution in [0.15, 0.2) is 18.2 Å². The van der Waals surface area contributed by atoms with Crippen LogP contribution in [-0.2, 0) is 6.42 Å². The molecule has 1 aromatic carbocycles. The second kappa shape index (κ2) is 3.96. The first-order chi connectivity index (χ1) is 8.12. The lowest BCUT2D eigenvalue weighted by atomic mass is 9.78. The standard InChI is InChI=1S/C14H16ClFO/c15-13-2-1-12(16)4-11(13)7-14(8-17)5-9-3-10(9)6-14/h1-2,4,9-10,17H,3,5-8H2. The molecular formula is C14H16ClFO. The van der Waals surface area contributed by atoms with E-state index >= 15 is 0 Å². The molecule has 0 radical (unpaired) electrons. The summed E-state index contributed by atoms with van der Waals surface area (Å²) in [4.78, 5) is 0. The fraction of sp³-hybridized carbons (Fsp3) is 0.571. The van der Waals surface area contributed by atoms with Gasteiger partial charge in [0.2, 0.25) is 0 Å². The van der Waals surface area contributed by atoms with Crippen LogP contribution in [0.4, 0.5) is 4.39 Å². The molecule has 0 spiro atoms. The van der Waals surface area contributed by atoms with Crippen LogP contribution in [0.2, 0.25) is 5.02 Å². The average Bonchev–Trinajstić information content (AvgIpc) is 2.92. The molecule has 0 aromatic heterocycles. The molecule has 2 unspecified atom stereocenters. The van der Waals surface area contributed by atoms with Gasteiger partial charge in [0.05, 0.1) is 0 Å². The number of halogens is 2. The van der Waals surface area contributed by atoms with Crippen molar-refractivity contribution in [3.05, 3.63) is 34.6 Å². The highest BCUT2D eigenvalue weighted by Crippen LogP contribution is 2.60. The maximum absolute atomic E-state index is 13.2. The lowest BCUT2D eigenvalue weighted by Crippen LogP contribution is -2.26. The van der Waals surface area contributed by atoms with E-state index in [0.717, 1.165) is 30.2 Å². The molecule has 2 aliphatic rings. The fourth-order valence-electron chi connectivity index (χ4n) is 3.42. The lowest BCUT2D eigenvalue weighted by molar-refractivity contribution is 0.117. The third-order valence-corrected chi connectivity index (χ3v) is 4.74. The molecule has 0 saturated heterocycles. The summed E-state index contributed by atoms with van der Waals surface area (Å²) < 4.78 is 13.2. The maximum Gasteiger partial charge on any atom is 0.123 e. The Morgan fingerprint density at radius 1 is 1.35 bits per heavy atom. The first kappa shape index (κ1) is 11.5. The third kappa shape index (κ3) is 2.09. The smallest absolute Gasteiger partial charge is 0.123 e. The Balaban J connectivity index is 1.83. The number of fused-ring (bicyclic) bond motifs is 1. The molecule has 3 heteroatoms. The zero-order chi connectivity index (χ0) is 12.0. The van der Waals surface area contributed by atoms with E-state index in [-0.39, 0.29) is 17.8 Å². The van der Waals surface area contributed by atoms with Crippen LogP contribution in [-0.4, -0.2) is 11.7 Å². The van der Waals surface area contributed by atoms with Gasteiger partial charge in [0.1, 0.15) is 5.82 Å². The summed E-state index contributed by atoms with van der Waals surface area (Å²) in [5, 5.41) is 10.3. The first-order valence-electron chi connectivity index (χ1n) is 6.17. The molecule has 92 valence electrons. The van der Waals surface area contributed by atoms with Gasteiger partial charge in [-0.25, -0.2) is 4.39 Å². The predicted molar refractivity (Wildman–Crippen MR) is 65.5 cm³/mol. The van der Waals surface area contributed by atoms with Crippen molar-refractivity contribution in [1.29, 1.82) is 0 Å². The molecule has 2 atom stereocenters. The minimum Gasteiger partial charge on any atom is -0.396 e. The molecule has 1 N–H and O–H groups in total. The van der Waals surface area contributed by atoms with Crippen molar-refractivity contribution in [2.45, 2.75) is 25.7 Å². The van der Waals surface area contributed by atoms with E-state index in [1.807, 2.05) is 0 Å². The van der Waals surface area contributed by atoms with E-state index in [9.17, 15) is 9.50 Å². The minimum atomic E-state index is -0.249. The molecule has 0 amide bonds. The van der Waals surface area contributed by atoms with Crippen LogP contribution < -0.4 is 0 Å². The molecule has 3 rings (SSSR count). The SMILES string of the molecule is OCC1(Cc2cc(F)ccc2Cl)CC2CC2C1. The summed E-state index contributed by atoms with van der Waals surface area (Å²) in [5.74, 6) is 1.35. The van der Waals surface area contributed by atoms with Crippen LogP contribution in [0.5, 0.6) is 0 Å². The van der Waals surface area contributed by atoms with E-state index in [2.05, 4.69) is 0 Å². The van der Waals surface area contributed by atoms with Gasteiger partial charge in [-0.1, -0.05) is 11.6 Å². The van der Waals surface area contributed by atoms with Crippen molar-refractivity contribution in [2.24, 2.45) is 17.3 Å². The number of aliphatic hydroxyl groups excluding tert-OH is 1. The van der Waals surface area contributed by atoms with E-state index in [4.69, 9.17) is 11.6 Å². The summed E-state index contributed by atoms with van der Waals surface area (Å²) >= 11 is 6.09. The van der Waals surface area contributed by atoms with Crippen molar-refractivity contribution in [2.75, 3.05) is 6.61 Å². The molecule has 2 saturated carbocycles. The largest absolute Gasteiger partial charge is 0.396 e. The van der Waals surface area contributed by atoms with Crippen molar-refractivity contribution in [1.82, 2.24) is 0 Å². The van der Waals surface area contributed by atoms with Gasteiger partial charge < -0.3 is 5.11 Å². The van der Waals surface area contributed by atoms with Crippen LogP contribution in [0.1, 0.15) is 24.8 Å². The van der Waals surface area contributed by atoms with Crippen LogP contribution in [0.3, 0.4) is 0 Å². The van der Waals surface area contributed by atoms with Gasteiger partial charge >= 0.3 is 0 Å². The topological polar surface area (TPSA) is 20.2 Å². The zero-order valence-corrected chi connectivity index (χ0v) is 10.4. The molecule has 2 aliphatic carbocycles. The monoisotopic (exact) mass is 254 g/mol. The van der Waals surface area contributed by atoms with Crippen LogP contribution in [0.25, 0.3) is 0 Å². The Bertz CT molecular complexity index is 436. The first-order valence-corrected chi connectivity index (χ1v) is 6.54. The zero-order valence-electron chi connectivity index (χ0n) is 9.63. The molecule has 0 heterocycles. The average molecular weight is 255 g/mol. The van der Waals surface area contributed by atoms with Crippen LogP contribution in [0, 0.1) is 23.1 Å². The summed E-state index contributed by atoms with van der Waals surface area (Å²) in [6, 6.07) is 4.49. The van der Waals surface area contributed by atoms with Crippen molar-refractivity contribution >= 4 is 11.6 Å². The molecule has 0 aliphatic heterocycles.